The summed E-state index contributed by atoms with van der Waals surface area (Å²) in [6.07, 6.45) is 0. The predicted molar refractivity (Wildman–Crippen MR) is 114 cm³/mol. The largest absolute Gasteiger partial charge is 0.338 e. The van der Waals surface area contributed by atoms with Gasteiger partial charge in [-0.25, -0.2) is 0 Å². The lowest BCUT2D eigenvalue weighted by molar-refractivity contribution is 0.208. The van der Waals surface area contributed by atoms with Crippen LogP contribution < -0.4 is 20.0 Å². The zero-order valence-corrected chi connectivity index (χ0v) is 17.6. The molecule has 0 atom stereocenters. The van der Waals surface area contributed by atoms with Crippen LogP contribution in [-0.4, -0.2) is 116 Å². The molecule has 1 N–H and O–H groups in total. The third kappa shape index (κ3) is 4.47. The summed E-state index contributed by atoms with van der Waals surface area (Å²) in [5.74, 6) is 2.53. The van der Waals surface area contributed by atoms with Crippen molar-refractivity contribution in [1.29, 1.82) is 0 Å². The fourth-order valence-electron chi connectivity index (χ4n) is 4.08. The molecular formula is C19H35N9. The molecule has 4 heterocycles. The monoisotopic (exact) mass is 389 g/mol. The van der Waals surface area contributed by atoms with Crippen molar-refractivity contribution in [2.45, 2.75) is 19.9 Å². The van der Waals surface area contributed by atoms with Gasteiger partial charge in [-0.2, -0.15) is 15.0 Å². The van der Waals surface area contributed by atoms with Crippen molar-refractivity contribution in [3.05, 3.63) is 0 Å². The highest BCUT2D eigenvalue weighted by atomic mass is 15.4. The van der Waals surface area contributed by atoms with Crippen LogP contribution >= 0.6 is 0 Å². The van der Waals surface area contributed by atoms with Crippen LogP contribution in [0.2, 0.25) is 0 Å². The first-order chi connectivity index (χ1) is 13.6. The lowest BCUT2D eigenvalue weighted by Crippen LogP contribution is -2.50. The molecule has 0 amide bonds. The lowest BCUT2D eigenvalue weighted by atomic mass is 10.2. The molecule has 0 saturated carbocycles. The molecule has 9 heteroatoms. The first kappa shape index (κ1) is 19.6. The number of hydrogen-bond donors (Lipinski definition) is 1. The van der Waals surface area contributed by atoms with Crippen molar-refractivity contribution in [3.8, 4) is 0 Å². The maximum Gasteiger partial charge on any atom is 0.232 e. The van der Waals surface area contributed by atoms with Gasteiger partial charge in [0.1, 0.15) is 0 Å². The van der Waals surface area contributed by atoms with Gasteiger partial charge in [-0.15, -0.1) is 0 Å². The fraction of sp³-hybridized carbons (Fsp3) is 0.842. The number of piperazine rings is 3. The Balaban J connectivity index is 1.57. The molecule has 3 fully saturated rings. The van der Waals surface area contributed by atoms with E-state index in [1.165, 1.54) is 0 Å². The minimum atomic E-state index is 0.595. The van der Waals surface area contributed by atoms with Gasteiger partial charge in [-0.3, -0.25) is 4.90 Å². The average Bonchev–Trinajstić information content (AvgIpc) is 2.74. The number of nitrogens with one attached hydrogen (secondary N) is 1. The summed E-state index contributed by atoms with van der Waals surface area (Å²) >= 11 is 0. The Morgan fingerprint density at radius 3 is 1.54 bits per heavy atom. The van der Waals surface area contributed by atoms with E-state index in [1.54, 1.807) is 0 Å². The van der Waals surface area contributed by atoms with E-state index in [-0.39, 0.29) is 0 Å². The van der Waals surface area contributed by atoms with E-state index in [1.807, 2.05) is 0 Å². The minimum Gasteiger partial charge on any atom is -0.338 e. The lowest BCUT2D eigenvalue weighted by Gasteiger charge is -2.38. The molecule has 0 spiro atoms. The van der Waals surface area contributed by atoms with Crippen molar-refractivity contribution >= 4 is 17.8 Å². The zero-order valence-electron chi connectivity index (χ0n) is 17.6. The quantitative estimate of drug-likeness (QED) is 0.738. The van der Waals surface area contributed by atoms with Crippen LogP contribution in [0.4, 0.5) is 17.8 Å². The summed E-state index contributed by atoms with van der Waals surface area (Å²) in [5.41, 5.74) is 0. The van der Waals surface area contributed by atoms with Crippen LogP contribution in [0.15, 0.2) is 0 Å². The normalized spacial score (nSPS) is 22.9. The van der Waals surface area contributed by atoms with E-state index < -0.39 is 0 Å². The van der Waals surface area contributed by atoms with Crippen molar-refractivity contribution < 1.29 is 0 Å². The Hall–Kier alpha value is -1.71. The molecular weight excluding hydrogens is 354 g/mol. The molecule has 1 aromatic heterocycles. The topological polar surface area (TPSA) is 66.9 Å². The highest BCUT2D eigenvalue weighted by Crippen LogP contribution is 2.22. The van der Waals surface area contributed by atoms with Crippen LogP contribution in [0.3, 0.4) is 0 Å². The first-order valence-corrected chi connectivity index (χ1v) is 10.7. The number of anilines is 3. The van der Waals surface area contributed by atoms with Crippen molar-refractivity contribution in [3.63, 3.8) is 0 Å². The Kier molecular flexibility index (Phi) is 6.13. The van der Waals surface area contributed by atoms with Crippen LogP contribution in [0.5, 0.6) is 0 Å². The number of rotatable bonds is 4. The van der Waals surface area contributed by atoms with Crippen LogP contribution in [0.1, 0.15) is 13.8 Å². The first-order valence-electron chi connectivity index (χ1n) is 10.7. The summed E-state index contributed by atoms with van der Waals surface area (Å²) in [5, 5.41) is 3.42. The zero-order chi connectivity index (χ0) is 19.5. The van der Waals surface area contributed by atoms with Gasteiger partial charge >= 0.3 is 0 Å². The minimum absolute atomic E-state index is 0.595. The molecule has 0 bridgehead atoms. The van der Waals surface area contributed by atoms with E-state index in [0.29, 0.717) is 6.04 Å². The molecule has 28 heavy (non-hydrogen) atoms. The van der Waals surface area contributed by atoms with Gasteiger partial charge in [-0.1, -0.05) is 0 Å². The van der Waals surface area contributed by atoms with Gasteiger partial charge in [0.2, 0.25) is 17.8 Å². The molecule has 3 aliphatic heterocycles. The standard InChI is InChI=1S/C19H35N9/c1-16(2)25-12-14-28(15-13-25)19-22-17(26-6-4-20-5-7-26)21-18(23-19)27-10-8-24(3)9-11-27/h16,20H,4-15H2,1-3H3. The van der Waals surface area contributed by atoms with E-state index >= 15 is 0 Å². The Labute approximate surface area is 168 Å². The van der Waals surface area contributed by atoms with E-state index in [0.717, 1.165) is 96.4 Å². The van der Waals surface area contributed by atoms with Gasteiger partial charge in [-0.05, 0) is 20.9 Å². The fourth-order valence-corrected chi connectivity index (χ4v) is 4.08. The number of likely N-dealkylation sites (N-methyl/N-ethyl adjacent to an activating group) is 1. The highest BCUT2D eigenvalue weighted by molar-refractivity contribution is 5.47. The molecule has 9 nitrogen and oxygen atoms in total. The number of hydrogen-bond acceptors (Lipinski definition) is 9. The molecule has 156 valence electrons. The van der Waals surface area contributed by atoms with Crippen LogP contribution in [-0.2, 0) is 0 Å². The molecule has 1 aromatic rings. The maximum atomic E-state index is 4.92. The van der Waals surface area contributed by atoms with Crippen LogP contribution in [0.25, 0.3) is 0 Å². The second-order valence-electron chi connectivity index (χ2n) is 8.38. The molecule has 4 rings (SSSR count). The van der Waals surface area contributed by atoms with Gasteiger partial charge in [0.05, 0.1) is 0 Å². The molecule has 3 saturated heterocycles. The Bertz CT molecular complexity index is 630. The molecule has 0 aromatic carbocycles. The summed E-state index contributed by atoms with van der Waals surface area (Å²) in [6.45, 7) is 16.6. The third-order valence-corrected chi connectivity index (χ3v) is 6.11. The van der Waals surface area contributed by atoms with E-state index in [4.69, 9.17) is 15.0 Å². The van der Waals surface area contributed by atoms with Gasteiger partial charge < -0.3 is 24.9 Å². The van der Waals surface area contributed by atoms with Crippen molar-refractivity contribution in [2.75, 3.05) is 100 Å². The summed E-state index contributed by atoms with van der Waals surface area (Å²) in [6, 6.07) is 0.595. The maximum absolute atomic E-state index is 4.92. The van der Waals surface area contributed by atoms with Crippen molar-refractivity contribution in [2.24, 2.45) is 0 Å². The average molecular weight is 390 g/mol. The number of nitrogens with zero attached hydrogens (tertiary/aromatic N) is 8. The van der Waals surface area contributed by atoms with Gasteiger partial charge in [0.15, 0.2) is 0 Å². The van der Waals surface area contributed by atoms with Gasteiger partial charge in [0.25, 0.3) is 0 Å². The number of aromatic nitrogens is 3. The SMILES string of the molecule is CC(C)N1CCN(c2nc(N3CCNCC3)nc(N3CCN(C)CC3)n2)CC1. The second kappa shape index (κ2) is 8.75. The molecule has 0 radical (unpaired) electrons. The Morgan fingerprint density at radius 2 is 1.07 bits per heavy atom. The summed E-state index contributed by atoms with van der Waals surface area (Å²) < 4.78 is 0. The van der Waals surface area contributed by atoms with E-state index in [9.17, 15) is 0 Å². The second-order valence-corrected chi connectivity index (χ2v) is 8.38. The van der Waals surface area contributed by atoms with Gasteiger partial charge in [0, 0.05) is 84.6 Å². The molecule has 0 unspecified atom stereocenters. The molecule has 3 aliphatic rings. The Morgan fingerprint density at radius 1 is 0.643 bits per heavy atom. The van der Waals surface area contributed by atoms with Crippen molar-refractivity contribution in [1.82, 2.24) is 30.1 Å². The van der Waals surface area contributed by atoms with E-state index in [2.05, 4.69) is 50.7 Å². The summed E-state index contributed by atoms with van der Waals surface area (Å²) in [7, 11) is 2.18. The van der Waals surface area contributed by atoms with Crippen LogP contribution in [0, 0.1) is 0 Å². The third-order valence-electron chi connectivity index (χ3n) is 6.11. The molecule has 0 aliphatic carbocycles. The predicted octanol–water partition coefficient (Wildman–Crippen LogP) is -0.437. The summed E-state index contributed by atoms with van der Waals surface area (Å²) in [4.78, 5) is 26.6. The highest BCUT2D eigenvalue weighted by Gasteiger charge is 2.25. The smallest absolute Gasteiger partial charge is 0.232 e.